The second-order valence-electron chi connectivity index (χ2n) is 4.64. The van der Waals surface area contributed by atoms with Crippen LogP contribution >= 0.6 is 11.8 Å². The van der Waals surface area contributed by atoms with E-state index in [2.05, 4.69) is 16.3 Å². The van der Waals surface area contributed by atoms with Gasteiger partial charge in [-0.05, 0) is 18.2 Å². The number of nitrogens with one attached hydrogen (secondary N) is 1. The standard InChI is InChI=1S/C16H17N3O2S/c1-4-22-16-18-12(10-15-17-7-8-19(15)16)11-5-6-13(20-2)14(9-11)21-3/h5-10H,4H2,1-3H3/p+1. The Bertz CT molecular complexity index is 801. The summed E-state index contributed by atoms with van der Waals surface area (Å²) in [4.78, 5) is 8.01. The number of rotatable bonds is 5. The van der Waals surface area contributed by atoms with Crippen LogP contribution in [0.4, 0.5) is 0 Å². The van der Waals surface area contributed by atoms with Crippen molar-refractivity contribution < 1.29 is 13.9 Å². The van der Waals surface area contributed by atoms with E-state index in [-0.39, 0.29) is 0 Å². The Morgan fingerprint density at radius 2 is 2.00 bits per heavy atom. The average molecular weight is 316 g/mol. The smallest absolute Gasteiger partial charge is 0.303 e. The fourth-order valence-corrected chi connectivity index (χ4v) is 3.04. The van der Waals surface area contributed by atoms with Gasteiger partial charge < -0.3 is 9.47 Å². The topological polar surface area (TPSA) is 51.2 Å². The van der Waals surface area contributed by atoms with E-state index in [0.29, 0.717) is 11.5 Å². The van der Waals surface area contributed by atoms with Crippen molar-refractivity contribution in [3.8, 4) is 22.8 Å². The van der Waals surface area contributed by atoms with E-state index < -0.39 is 0 Å². The number of thioether (sulfide) groups is 1. The number of aromatic nitrogens is 3. The molecule has 0 spiro atoms. The van der Waals surface area contributed by atoms with Gasteiger partial charge in [0.1, 0.15) is 6.20 Å². The molecule has 5 nitrogen and oxygen atoms in total. The van der Waals surface area contributed by atoms with E-state index in [9.17, 15) is 0 Å². The van der Waals surface area contributed by atoms with Gasteiger partial charge in [0.25, 0.3) is 0 Å². The maximum absolute atomic E-state index is 5.38. The molecule has 0 aliphatic carbocycles. The van der Waals surface area contributed by atoms with Crippen molar-refractivity contribution in [2.45, 2.75) is 12.1 Å². The Morgan fingerprint density at radius 1 is 1.18 bits per heavy atom. The van der Waals surface area contributed by atoms with E-state index in [0.717, 1.165) is 27.8 Å². The van der Waals surface area contributed by atoms with Crippen LogP contribution < -0.4 is 13.9 Å². The molecule has 2 aromatic heterocycles. The SMILES string of the molecule is CCSc1nc(-c2ccc(OC)c(OC)c2)cc2[nH]cc[n+]12. The maximum Gasteiger partial charge on any atom is 0.303 e. The molecule has 1 aromatic carbocycles. The molecule has 114 valence electrons. The third kappa shape index (κ3) is 2.62. The molecule has 6 heteroatoms. The van der Waals surface area contributed by atoms with E-state index in [1.807, 2.05) is 36.7 Å². The van der Waals surface area contributed by atoms with Crippen LogP contribution in [-0.2, 0) is 0 Å². The Morgan fingerprint density at radius 3 is 2.73 bits per heavy atom. The van der Waals surface area contributed by atoms with Crippen molar-refractivity contribution in [1.29, 1.82) is 0 Å². The summed E-state index contributed by atoms with van der Waals surface area (Å²) in [6.07, 6.45) is 3.90. The first-order valence-electron chi connectivity index (χ1n) is 7.01. The Kier molecular flexibility index (Phi) is 4.20. The minimum Gasteiger partial charge on any atom is -0.493 e. The van der Waals surface area contributed by atoms with Gasteiger partial charge in [-0.3, -0.25) is 4.98 Å². The number of fused-ring (bicyclic) bond motifs is 1. The molecular weight excluding hydrogens is 298 g/mol. The first-order valence-corrected chi connectivity index (χ1v) is 8.00. The van der Waals surface area contributed by atoms with Crippen LogP contribution in [0.1, 0.15) is 6.92 Å². The fraction of sp³-hybridized carbons (Fsp3) is 0.250. The summed E-state index contributed by atoms with van der Waals surface area (Å²) in [5.41, 5.74) is 2.91. The van der Waals surface area contributed by atoms with Gasteiger partial charge in [-0.2, -0.15) is 4.40 Å². The van der Waals surface area contributed by atoms with Crippen LogP contribution in [0.5, 0.6) is 11.5 Å². The van der Waals surface area contributed by atoms with Crippen molar-refractivity contribution >= 4 is 17.4 Å². The number of H-pyrrole nitrogens is 1. The number of ether oxygens (including phenoxy) is 2. The second kappa shape index (κ2) is 6.27. The highest BCUT2D eigenvalue weighted by atomic mass is 32.2. The monoisotopic (exact) mass is 316 g/mol. The lowest BCUT2D eigenvalue weighted by Gasteiger charge is -2.08. The Labute approximate surface area is 133 Å². The fourth-order valence-electron chi connectivity index (χ4n) is 2.32. The molecule has 0 unspecified atom stereocenters. The quantitative estimate of drug-likeness (QED) is 0.447. The number of hydrogen-bond acceptors (Lipinski definition) is 4. The van der Waals surface area contributed by atoms with Crippen molar-refractivity contribution in [2.24, 2.45) is 0 Å². The number of hydrogen-bond donors (Lipinski definition) is 1. The van der Waals surface area contributed by atoms with Crippen LogP contribution in [0.2, 0.25) is 0 Å². The number of imidazole rings is 1. The van der Waals surface area contributed by atoms with E-state index in [4.69, 9.17) is 14.5 Å². The highest BCUT2D eigenvalue weighted by Crippen LogP contribution is 2.32. The van der Waals surface area contributed by atoms with Crippen LogP contribution in [0.3, 0.4) is 0 Å². The van der Waals surface area contributed by atoms with Gasteiger partial charge in [-0.15, -0.1) is 0 Å². The first-order chi connectivity index (χ1) is 10.8. The number of nitrogens with zero attached hydrogens (tertiary/aromatic N) is 2. The van der Waals surface area contributed by atoms with Crippen molar-refractivity contribution in [3.05, 3.63) is 36.7 Å². The summed E-state index contributed by atoms with van der Waals surface area (Å²) in [6, 6.07) is 7.86. The average Bonchev–Trinajstić information content (AvgIpc) is 3.03. The van der Waals surface area contributed by atoms with Crippen LogP contribution in [0.15, 0.2) is 41.8 Å². The molecule has 0 aliphatic heterocycles. The van der Waals surface area contributed by atoms with Crippen molar-refractivity contribution in [2.75, 3.05) is 20.0 Å². The first kappa shape index (κ1) is 14.7. The predicted molar refractivity (Wildman–Crippen MR) is 86.7 cm³/mol. The van der Waals surface area contributed by atoms with E-state index >= 15 is 0 Å². The summed E-state index contributed by atoms with van der Waals surface area (Å²) in [6.45, 7) is 2.12. The van der Waals surface area contributed by atoms with Gasteiger partial charge >= 0.3 is 5.16 Å². The molecule has 0 fully saturated rings. The molecule has 0 atom stereocenters. The molecule has 0 aliphatic rings. The predicted octanol–water partition coefficient (Wildman–Crippen LogP) is 2.94. The zero-order valence-electron chi connectivity index (χ0n) is 12.8. The van der Waals surface area contributed by atoms with Gasteiger partial charge in [0.15, 0.2) is 17.2 Å². The summed E-state index contributed by atoms with van der Waals surface area (Å²) in [5.74, 6) is 2.38. The summed E-state index contributed by atoms with van der Waals surface area (Å²) < 4.78 is 12.7. The zero-order chi connectivity index (χ0) is 15.5. The molecule has 0 bridgehead atoms. The van der Waals surface area contributed by atoms with E-state index in [1.54, 1.807) is 26.0 Å². The Hall–Kier alpha value is -2.21. The van der Waals surface area contributed by atoms with Gasteiger partial charge in [0, 0.05) is 11.3 Å². The normalized spacial score (nSPS) is 10.9. The second-order valence-corrected chi connectivity index (χ2v) is 5.87. The highest BCUT2D eigenvalue weighted by molar-refractivity contribution is 7.99. The van der Waals surface area contributed by atoms with Gasteiger partial charge in [-0.25, -0.2) is 0 Å². The van der Waals surface area contributed by atoms with Gasteiger partial charge in [0.2, 0.25) is 5.65 Å². The van der Waals surface area contributed by atoms with Gasteiger partial charge in [-0.1, -0.05) is 23.7 Å². The minimum atomic E-state index is 0.700. The summed E-state index contributed by atoms with van der Waals surface area (Å²) >= 11 is 1.71. The third-order valence-corrected chi connectivity index (χ3v) is 4.20. The largest absolute Gasteiger partial charge is 0.493 e. The third-order valence-electron chi connectivity index (χ3n) is 3.36. The lowest BCUT2D eigenvalue weighted by Crippen LogP contribution is -2.23. The zero-order valence-corrected chi connectivity index (χ0v) is 13.6. The summed E-state index contributed by atoms with van der Waals surface area (Å²) in [5, 5.41) is 0.964. The van der Waals surface area contributed by atoms with Crippen LogP contribution in [0, 0.1) is 0 Å². The molecule has 0 amide bonds. The molecule has 22 heavy (non-hydrogen) atoms. The van der Waals surface area contributed by atoms with Crippen LogP contribution in [-0.4, -0.2) is 29.9 Å². The van der Waals surface area contributed by atoms with Crippen LogP contribution in [0.25, 0.3) is 16.9 Å². The maximum atomic E-state index is 5.38. The molecule has 3 rings (SSSR count). The summed E-state index contributed by atoms with van der Waals surface area (Å²) in [7, 11) is 3.27. The Balaban J connectivity index is 2.13. The lowest BCUT2D eigenvalue weighted by atomic mass is 10.1. The lowest BCUT2D eigenvalue weighted by molar-refractivity contribution is -0.559. The highest BCUT2D eigenvalue weighted by Gasteiger charge is 2.16. The minimum absolute atomic E-state index is 0.700. The number of methoxy groups -OCH3 is 2. The van der Waals surface area contributed by atoms with Gasteiger partial charge in [0.05, 0.1) is 26.5 Å². The molecule has 0 radical (unpaired) electrons. The van der Waals surface area contributed by atoms with E-state index in [1.165, 1.54) is 0 Å². The molecule has 2 heterocycles. The molecule has 1 N–H and O–H groups in total. The molecule has 0 saturated carbocycles. The molecular formula is C16H18N3O2S+. The molecule has 3 aromatic rings. The van der Waals surface area contributed by atoms with Crippen molar-refractivity contribution in [3.63, 3.8) is 0 Å². The number of benzene rings is 1. The van der Waals surface area contributed by atoms with Crippen molar-refractivity contribution in [1.82, 2.24) is 9.97 Å². The molecule has 0 saturated heterocycles. The number of aromatic amines is 1.